The monoisotopic (exact) mass is 225 g/mol. The van der Waals surface area contributed by atoms with Gasteiger partial charge < -0.3 is 5.32 Å². The molecule has 1 N–H and O–H groups in total. The normalized spacial score (nSPS) is 10.0. The van der Waals surface area contributed by atoms with E-state index in [0.29, 0.717) is 11.4 Å². The second-order valence-corrected chi connectivity index (χ2v) is 3.71. The maximum absolute atomic E-state index is 11.6. The number of hydrogen-bond donors (Lipinski definition) is 1. The van der Waals surface area contributed by atoms with E-state index >= 15 is 0 Å². The predicted octanol–water partition coefficient (Wildman–Crippen LogP) is 2.96. The molecule has 0 spiro atoms. The average Bonchev–Trinajstić information content (AvgIpc) is 2.29. The molecule has 0 saturated heterocycles. The van der Waals surface area contributed by atoms with Gasteiger partial charge in [0.05, 0.1) is 0 Å². The van der Waals surface area contributed by atoms with Crippen LogP contribution in [0, 0.1) is 0 Å². The molecule has 15 heavy (non-hydrogen) atoms. The lowest BCUT2D eigenvalue weighted by atomic mass is 10.1. The largest absolute Gasteiger partial charge is 0.352 e. The zero-order chi connectivity index (χ0) is 11.1. The van der Waals surface area contributed by atoms with Gasteiger partial charge in [0, 0.05) is 18.0 Å². The highest BCUT2D eigenvalue weighted by Gasteiger charge is 2.04. The summed E-state index contributed by atoms with van der Waals surface area (Å²) in [5, 5.41) is 2.87. The third kappa shape index (κ3) is 3.92. The third-order valence-corrected chi connectivity index (χ3v) is 2.47. The molecule has 0 aliphatic rings. The Morgan fingerprint density at radius 1 is 1.47 bits per heavy atom. The first-order valence-corrected chi connectivity index (χ1v) is 5.74. The highest BCUT2D eigenvalue weighted by atomic mass is 35.5. The van der Waals surface area contributed by atoms with Crippen LogP contribution in [0.3, 0.4) is 0 Å². The molecule has 0 bridgehead atoms. The van der Waals surface area contributed by atoms with Crippen LogP contribution in [0.5, 0.6) is 0 Å². The quantitative estimate of drug-likeness (QED) is 0.606. The fourth-order valence-electron chi connectivity index (χ4n) is 1.28. The minimum absolute atomic E-state index is 0.0181. The molecule has 0 radical (unpaired) electrons. The molecule has 1 aromatic rings. The lowest BCUT2D eigenvalue weighted by Gasteiger charge is -2.05. The molecule has 0 unspecified atom stereocenters. The van der Waals surface area contributed by atoms with Crippen LogP contribution >= 0.6 is 11.6 Å². The molecule has 0 aliphatic carbocycles. The fraction of sp³-hybridized carbons (Fsp3) is 0.417. The maximum Gasteiger partial charge on any atom is 0.251 e. The average molecular weight is 226 g/mol. The second kappa shape index (κ2) is 6.46. The van der Waals surface area contributed by atoms with Crippen molar-refractivity contribution in [2.75, 3.05) is 6.54 Å². The summed E-state index contributed by atoms with van der Waals surface area (Å²) >= 11 is 5.70. The zero-order valence-corrected chi connectivity index (χ0v) is 9.68. The predicted molar refractivity (Wildman–Crippen MR) is 63.2 cm³/mol. The Hall–Kier alpha value is -1.02. The highest BCUT2D eigenvalue weighted by molar-refractivity contribution is 6.17. The van der Waals surface area contributed by atoms with Gasteiger partial charge in [-0.3, -0.25) is 4.79 Å². The molecular formula is C12H16ClNO. The Bertz CT molecular complexity index is 325. The lowest BCUT2D eigenvalue weighted by Crippen LogP contribution is -2.24. The topological polar surface area (TPSA) is 29.1 Å². The first kappa shape index (κ1) is 12.1. The zero-order valence-electron chi connectivity index (χ0n) is 8.92. The standard InChI is InChI=1S/C12H16ClNO/c1-2-3-7-14-12(15)11-6-4-5-10(8-11)9-13/h4-6,8H,2-3,7,9H2,1H3,(H,14,15). The molecule has 3 heteroatoms. The molecule has 0 aromatic heterocycles. The van der Waals surface area contributed by atoms with Crippen molar-refractivity contribution in [1.82, 2.24) is 5.32 Å². The Morgan fingerprint density at radius 3 is 2.93 bits per heavy atom. The first-order valence-electron chi connectivity index (χ1n) is 5.21. The number of carbonyl (C=O) groups excluding carboxylic acids is 1. The van der Waals surface area contributed by atoms with E-state index in [2.05, 4.69) is 12.2 Å². The third-order valence-electron chi connectivity index (χ3n) is 2.16. The molecule has 82 valence electrons. The van der Waals surface area contributed by atoms with Crippen molar-refractivity contribution in [3.8, 4) is 0 Å². The van der Waals surface area contributed by atoms with Crippen LogP contribution in [0.25, 0.3) is 0 Å². The van der Waals surface area contributed by atoms with Gasteiger partial charge in [0.1, 0.15) is 0 Å². The van der Waals surface area contributed by atoms with Gasteiger partial charge in [0.25, 0.3) is 5.91 Å². The SMILES string of the molecule is CCCCNC(=O)c1cccc(CCl)c1. The molecule has 1 rings (SSSR count). The summed E-state index contributed by atoms with van der Waals surface area (Å²) in [5.74, 6) is 0.422. The van der Waals surface area contributed by atoms with Crippen LogP contribution in [0.15, 0.2) is 24.3 Å². The summed E-state index contributed by atoms with van der Waals surface area (Å²) < 4.78 is 0. The first-order chi connectivity index (χ1) is 7.27. The van der Waals surface area contributed by atoms with Gasteiger partial charge in [-0.1, -0.05) is 25.5 Å². The number of nitrogens with one attached hydrogen (secondary N) is 1. The van der Waals surface area contributed by atoms with Gasteiger partial charge in [0.2, 0.25) is 0 Å². The number of rotatable bonds is 5. The van der Waals surface area contributed by atoms with Crippen LogP contribution in [0.1, 0.15) is 35.7 Å². The molecular weight excluding hydrogens is 210 g/mol. The minimum atomic E-state index is -0.0181. The Labute approximate surface area is 95.6 Å². The fourth-order valence-corrected chi connectivity index (χ4v) is 1.44. The van der Waals surface area contributed by atoms with E-state index in [4.69, 9.17) is 11.6 Å². The van der Waals surface area contributed by atoms with Gasteiger partial charge in [-0.05, 0) is 24.1 Å². The van der Waals surface area contributed by atoms with E-state index in [1.165, 1.54) is 0 Å². The van der Waals surface area contributed by atoms with E-state index < -0.39 is 0 Å². The van der Waals surface area contributed by atoms with Gasteiger partial charge in [-0.15, -0.1) is 11.6 Å². The Balaban J connectivity index is 2.57. The van der Waals surface area contributed by atoms with Crippen molar-refractivity contribution >= 4 is 17.5 Å². The smallest absolute Gasteiger partial charge is 0.251 e. The van der Waals surface area contributed by atoms with Crippen molar-refractivity contribution < 1.29 is 4.79 Å². The summed E-state index contributed by atoms with van der Waals surface area (Å²) in [6.45, 7) is 2.83. The van der Waals surface area contributed by atoms with Gasteiger partial charge >= 0.3 is 0 Å². The molecule has 0 aliphatic heterocycles. The minimum Gasteiger partial charge on any atom is -0.352 e. The van der Waals surface area contributed by atoms with Crippen LogP contribution in [0.2, 0.25) is 0 Å². The van der Waals surface area contributed by atoms with Crippen LogP contribution < -0.4 is 5.32 Å². The van der Waals surface area contributed by atoms with E-state index in [-0.39, 0.29) is 5.91 Å². The van der Waals surface area contributed by atoms with E-state index in [1.54, 1.807) is 6.07 Å². The van der Waals surface area contributed by atoms with Crippen LogP contribution in [0.4, 0.5) is 0 Å². The number of halogens is 1. The number of carbonyl (C=O) groups is 1. The summed E-state index contributed by atoms with van der Waals surface area (Å²) in [7, 11) is 0. The molecule has 0 fully saturated rings. The van der Waals surface area contributed by atoms with Crippen molar-refractivity contribution in [3.63, 3.8) is 0 Å². The van der Waals surface area contributed by atoms with Crippen LogP contribution in [-0.2, 0) is 5.88 Å². The lowest BCUT2D eigenvalue weighted by molar-refractivity contribution is 0.0953. The Kier molecular flexibility index (Phi) is 5.19. The number of unbranched alkanes of at least 4 members (excludes halogenated alkanes) is 1. The summed E-state index contributed by atoms with van der Waals surface area (Å²) in [6.07, 6.45) is 2.10. The molecule has 1 amide bonds. The van der Waals surface area contributed by atoms with E-state index in [9.17, 15) is 4.79 Å². The van der Waals surface area contributed by atoms with Gasteiger partial charge in [-0.2, -0.15) is 0 Å². The number of amides is 1. The second-order valence-electron chi connectivity index (χ2n) is 3.44. The molecule has 0 atom stereocenters. The molecule has 2 nitrogen and oxygen atoms in total. The van der Waals surface area contributed by atoms with Gasteiger partial charge in [-0.25, -0.2) is 0 Å². The molecule has 1 aromatic carbocycles. The van der Waals surface area contributed by atoms with Crippen molar-refractivity contribution in [2.24, 2.45) is 0 Å². The number of alkyl halides is 1. The van der Waals surface area contributed by atoms with E-state index in [1.807, 2.05) is 18.2 Å². The molecule has 0 saturated carbocycles. The van der Waals surface area contributed by atoms with Gasteiger partial charge in [0.15, 0.2) is 0 Å². The summed E-state index contributed by atoms with van der Waals surface area (Å²) in [4.78, 5) is 11.6. The molecule has 0 heterocycles. The summed E-state index contributed by atoms with van der Waals surface area (Å²) in [5.41, 5.74) is 1.66. The summed E-state index contributed by atoms with van der Waals surface area (Å²) in [6, 6.07) is 7.40. The highest BCUT2D eigenvalue weighted by Crippen LogP contribution is 2.07. The van der Waals surface area contributed by atoms with Crippen LogP contribution in [-0.4, -0.2) is 12.5 Å². The van der Waals surface area contributed by atoms with Crippen molar-refractivity contribution in [3.05, 3.63) is 35.4 Å². The maximum atomic E-state index is 11.6. The number of benzene rings is 1. The number of hydrogen-bond acceptors (Lipinski definition) is 1. The van der Waals surface area contributed by atoms with E-state index in [0.717, 1.165) is 24.9 Å². The van der Waals surface area contributed by atoms with Crippen molar-refractivity contribution in [1.29, 1.82) is 0 Å². The Morgan fingerprint density at radius 2 is 2.27 bits per heavy atom. The van der Waals surface area contributed by atoms with Crippen molar-refractivity contribution in [2.45, 2.75) is 25.6 Å².